The van der Waals surface area contributed by atoms with Crippen LogP contribution in [0.5, 0.6) is 0 Å². The molecule has 3 heteroatoms. The van der Waals surface area contributed by atoms with Gasteiger partial charge in [0.05, 0.1) is 5.60 Å². The summed E-state index contributed by atoms with van der Waals surface area (Å²) in [5.41, 5.74) is 4.38. The Morgan fingerprint density at radius 2 is 2.00 bits per heavy atom. The van der Waals surface area contributed by atoms with Crippen molar-refractivity contribution in [3.8, 4) is 0 Å². The zero-order valence-corrected chi connectivity index (χ0v) is 13.2. The lowest BCUT2D eigenvalue weighted by Gasteiger charge is -2.41. The largest absolute Gasteiger partial charge is 0.462 e. The van der Waals surface area contributed by atoms with Crippen molar-refractivity contribution < 1.29 is 14.6 Å². The fourth-order valence-corrected chi connectivity index (χ4v) is 2.74. The first-order chi connectivity index (χ1) is 9.15. The van der Waals surface area contributed by atoms with Crippen molar-refractivity contribution >= 4 is 5.97 Å². The zero-order valence-electron chi connectivity index (χ0n) is 13.2. The van der Waals surface area contributed by atoms with E-state index >= 15 is 0 Å². The number of esters is 1. The highest BCUT2D eigenvalue weighted by molar-refractivity contribution is 5.66. The summed E-state index contributed by atoms with van der Waals surface area (Å²) in [5, 5.41) is 10.5. The number of hydrogen-bond acceptors (Lipinski definition) is 3. The van der Waals surface area contributed by atoms with Gasteiger partial charge in [-0.1, -0.05) is 13.8 Å². The smallest absolute Gasteiger partial charge is 0.302 e. The second-order valence-electron chi connectivity index (χ2n) is 6.43. The van der Waals surface area contributed by atoms with Crippen LogP contribution in [0.15, 0.2) is 29.0 Å². The number of hydrogen-bond donors (Lipinski definition) is 1. The molecule has 0 bridgehead atoms. The molecule has 0 saturated heterocycles. The molecular formula is C17H26O3. The summed E-state index contributed by atoms with van der Waals surface area (Å²) >= 11 is 0. The van der Waals surface area contributed by atoms with Crippen LogP contribution in [0.2, 0.25) is 0 Å². The van der Waals surface area contributed by atoms with E-state index < -0.39 is 5.60 Å². The van der Waals surface area contributed by atoms with Gasteiger partial charge in [-0.25, -0.2) is 0 Å². The molecule has 0 amide bonds. The van der Waals surface area contributed by atoms with E-state index in [1.807, 2.05) is 26.0 Å². The van der Waals surface area contributed by atoms with Gasteiger partial charge in [0.2, 0.25) is 0 Å². The number of ether oxygens (including phenoxy) is 1. The highest BCUT2D eigenvalue weighted by Crippen LogP contribution is 2.45. The Morgan fingerprint density at radius 3 is 2.55 bits per heavy atom. The molecule has 1 fully saturated rings. The first-order valence-corrected chi connectivity index (χ1v) is 7.15. The van der Waals surface area contributed by atoms with Gasteiger partial charge in [0.15, 0.2) is 0 Å². The van der Waals surface area contributed by atoms with Crippen LogP contribution < -0.4 is 0 Å². The molecule has 3 nitrogen and oxygen atoms in total. The van der Waals surface area contributed by atoms with Crippen LogP contribution in [0.4, 0.5) is 0 Å². The summed E-state index contributed by atoms with van der Waals surface area (Å²) in [7, 11) is 0. The van der Waals surface area contributed by atoms with Crippen molar-refractivity contribution in [1.82, 2.24) is 0 Å². The maximum atomic E-state index is 10.7. The Bertz CT molecular complexity index is 443. The van der Waals surface area contributed by atoms with E-state index in [4.69, 9.17) is 4.74 Å². The summed E-state index contributed by atoms with van der Waals surface area (Å²) in [6.07, 6.45) is 6.57. The quantitative estimate of drug-likeness (QED) is 0.488. The Morgan fingerprint density at radius 1 is 1.35 bits per heavy atom. The van der Waals surface area contributed by atoms with Crippen LogP contribution in [0.1, 0.15) is 53.9 Å². The molecule has 20 heavy (non-hydrogen) atoms. The van der Waals surface area contributed by atoms with Gasteiger partial charge in [-0.3, -0.25) is 4.79 Å². The number of aliphatic hydroxyl groups is 1. The van der Waals surface area contributed by atoms with Gasteiger partial charge in [0.25, 0.3) is 0 Å². The molecule has 0 aromatic rings. The van der Waals surface area contributed by atoms with Crippen molar-refractivity contribution in [3.63, 3.8) is 0 Å². The monoisotopic (exact) mass is 278 g/mol. The fourth-order valence-electron chi connectivity index (χ4n) is 2.74. The van der Waals surface area contributed by atoms with Crippen molar-refractivity contribution in [1.29, 1.82) is 0 Å². The highest BCUT2D eigenvalue weighted by Gasteiger charge is 2.40. The Balaban J connectivity index is 2.93. The van der Waals surface area contributed by atoms with Gasteiger partial charge >= 0.3 is 5.97 Å². The molecule has 0 aromatic heterocycles. The predicted octanol–water partition coefficient (Wildman–Crippen LogP) is 3.54. The van der Waals surface area contributed by atoms with Gasteiger partial charge in [-0.15, -0.1) is 5.73 Å². The second-order valence-corrected chi connectivity index (χ2v) is 6.43. The summed E-state index contributed by atoms with van der Waals surface area (Å²) in [6.45, 7) is 9.75. The van der Waals surface area contributed by atoms with Crippen LogP contribution in [0.25, 0.3) is 0 Å². The first-order valence-electron chi connectivity index (χ1n) is 7.15. The molecule has 0 radical (unpaired) electrons. The fraction of sp³-hybridized carbons (Fsp3) is 0.647. The van der Waals surface area contributed by atoms with Crippen molar-refractivity contribution in [2.75, 3.05) is 6.61 Å². The third-order valence-corrected chi connectivity index (χ3v) is 3.82. The second kappa shape index (κ2) is 6.43. The molecule has 1 rings (SSSR count). The normalized spacial score (nSPS) is 25.9. The average Bonchev–Trinajstić information content (AvgIpc) is 2.25. The minimum absolute atomic E-state index is 0.0333. The standard InChI is InChI=1S/C17H26O3/c1-13(9-12-20-14(2)18)7-8-15-16(3,4)10-6-11-17(15,5)19/h7,9,19H,6,10-12H2,1-5H3/b13-9+/t8?,17-/m1/s1. The van der Waals surface area contributed by atoms with E-state index in [-0.39, 0.29) is 18.0 Å². The van der Waals surface area contributed by atoms with E-state index in [2.05, 4.69) is 19.6 Å². The van der Waals surface area contributed by atoms with Gasteiger partial charge in [-0.2, -0.15) is 0 Å². The predicted molar refractivity (Wildman–Crippen MR) is 80.2 cm³/mol. The molecule has 112 valence electrons. The van der Waals surface area contributed by atoms with Gasteiger partial charge < -0.3 is 9.84 Å². The lowest BCUT2D eigenvalue weighted by Crippen LogP contribution is -2.39. The van der Waals surface area contributed by atoms with E-state index in [0.29, 0.717) is 0 Å². The molecule has 0 spiro atoms. The SMILES string of the molecule is CC(=O)OC/C=C(\C)C=C=C1C(C)(C)CCC[C@@]1(C)O. The third-order valence-electron chi connectivity index (χ3n) is 3.82. The minimum Gasteiger partial charge on any atom is -0.462 e. The number of carbonyl (C=O) groups excluding carboxylic acids is 1. The summed E-state index contributed by atoms with van der Waals surface area (Å²) in [5.74, 6) is -0.285. The van der Waals surface area contributed by atoms with E-state index in [1.165, 1.54) is 6.92 Å². The topological polar surface area (TPSA) is 46.5 Å². The average molecular weight is 278 g/mol. The summed E-state index contributed by atoms with van der Waals surface area (Å²) < 4.78 is 4.87. The van der Waals surface area contributed by atoms with E-state index in [1.54, 1.807) is 0 Å². The highest BCUT2D eigenvalue weighted by atomic mass is 16.5. The Kier molecular flexibility index (Phi) is 5.38. The molecule has 1 atom stereocenters. The lowest BCUT2D eigenvalue weighted by molar-refractivity contribution is -0.139. The van der Waals surface area contributed by atoms with Crippen LogP contribution >= 0.6 is 0 Å². The zero-order chi connectivity index (χ0) is 15.4. The molecule has 1 N–H and O–H groups in total. The maximum Gasteiger partial charge on any atom is 0.302 e. The number of rotatable bonds is 3. The van der Waals surface area contributed by atoms with Crippen LogP contribution in [0.3, 0.4) is 0 Å². The van der Waals surface area contributed by atoms with Gasteiger partial charge in [0.1, 0.15) is 6.61 Å². The van der Waals surface area contributed by atoms with Gasteiger partial charge in [0, 0.05) is 12.5 Å². The van der Waals surface area contributed by atoms with E-state index in [0.717, 1.165) is 30.4 Å². The van der Waals surface area contributed by atoms with Crippen LogP contribution in [-0.2, 0) is 9.53 Å². The minimum atomic E-state index is -0.783. The maximum absolute atomic E-state index is 10.7. The third kappa shape index (κ3) is 4.66. The van der Waals surface area contributed by atoms with Crippen molar-refractivity contribution in [3.05, 3.63) is 29.0 Å². The molecular weight excluding hydrogens is 252 g/mol. The number of carbonyl (C=O) groups is 1. The lowest BCUT2D eigenvalue weighted by atomic mass is 9.66. The molecule has 0 aromatic carbocycles. The molecule has 0 unspecified atom stereocenters. The molecule has 1 aliphatic carbocycles. The van der Waals surface area contributed by atoms with Gasteiger partial charge in [-0.05, 0) is 56.3 Å². The van der Waals surface area contributed by atoms with E-state index in [9.17, 15) is 9.90 Å². The Labute approximate surface area is 122 Å². The summed E-state index contributed by atoms with van der Waals surface area (Å²) in [6, 6.07) is 0. The summed E-state index contributed by atoms with van der Waals surface area (Å²) in [4.78, 5) is 10.7. The molecule has 1 aliphatic rings. The molecule has 1 saturated carbocycles. The van der Waals surface area contributed by atoms with Crippen molar-refractivity contribution in [2.24, 2.45) is 5.41 Å². The molecule has 0 aliphatic heterocycles. The van der Waals surface area contributed by atoms with Crippen LogP contribution in [0, 0.1) is 5.41 Å². The first kappa shape index (κ1) is 16.7. The molecule has 0 heterocycles. The van der Waals surface area contributed by atoms with Crippen LogP contribution in [-0.4, -0.2) is 23.3 Å². The van der Waals surface area contributed by atoms with Crippen molar-refractivity contribution in [2.45, 2.75) is 59.5 Å². The Hall–Kier alpha value is -1.31. The number of allylic oxidation sites excluding steroid dienone is 1.